The maximum atomic E-state index is 12.8. The first-order valence-corrected chi connectivity index (χ1v) is 8.50. The lowest BCUT2D eigenvalue weighted by molar-refractivity contribution is -0.147. The Balaban J connectivity index is 2.11. The van der Waals surface area contributed by atoms with Crippen molar-refractivity contribution in [2.24, 2.45) is 0 Å². The topological polar surface area (TPSA) is 87.7 Å². The van der Waals surface area contributed by atoms with Crippen LogP contribution in [0.5, 0.6) is 0 Å². The van der Waals surface area contributed by atoms with E-state index in [1.165, 1.54) is 7.11 Å². The van der Waals surface area contributed by atoms with E-state index >= 15 is 0 Å². The predicted molar refractivity (Wildman–Crippen MR) is 94.3 cm³/mol. The molecule has 1 saturated heterocycles. The first-order valence-electron chi connectivity index (χ1n) is 8.50. The van der Waals surface area contributed by atoms with E-state index in [-0.39, 0.29) is 17.8 Å². The zero-order valence-electron chi connectivity index (χ0n) is 14.7. The minimum absolute atomic E-state index is 0.121. The molecule has 1 aliphatic rings. The van der Waals surface area contributed by atoms with Crippen molar-refractivity contribution in [2.75, 3.05) is 32.6 Å². The Morgan fingerprint density at radius 1 is 1.28 bits per heavy atom. The van der Waals surface area contributed by atoms with Crippen LogP contribution in [0.15, 0.2) is 24.3 Å². The lowest BCUT2D eigenvalue weighted by atomic mass is 10.0. The number of rotatable bonds is 6. The summed E-state index contributed by atoms with van der Waals surface area (Å²) >= 11 is 0. The van der Waals surface area contributed by atoms with Gasteiger partial charge in [0.2, 0.25) is 5.91 Å². The van der Waals surface area contributed by atoms with Crippen LogP contribution in [0.1, 0.15) is 36.0 Å². The molecule has 0 saturated carbocycles. The summed E-state index contributed by atoms with van der Waals surface area (Å²) in [6.07, 6.45) is 2.72. The summed E-state index contributed by atoms with van der Waals surface area (Å²) < 4.78 is 4.82. The molecular formula is C18H25N3O4. The summed E-state index contributed by atoms with van der Waals surface area (Å²) in [4.78, 5) is 38.2. The van der Waals surface area contributed by atoms with E-state index < -0.39 is 6.04 Å². The van der Waals surface area contributed by atoms with Gasteiger partial charge in [0.05, 0.1) is 7.11 Å². The Labute approximate surface area is 147 Å². The molecule has 7 nitrogen and oxygen atoms in total. The van der Waals surface area contributed by atoms with Crippen molar-refractivity contribution in [3.63, 3.8) is 0 Å². The van der Waals surface area contributed by atoms with Gasteiger partial charge in [-0.05, 0) is 44.5 Å². The largest absolute Gasteiger partial charge is 0.467 e. The summed E-state index contributed by atoms with van der Waals surface area (Å²) in [7, 11) is 3.11. The van der Waals surface area contributed by atoms with Crippen LogP contribution in [0.25, 0.3) is 0 Å². The van der Waals surface area contributed by atoms with E-state index in [9.17, 15) is 14.4 Å². The number of anilines is 1. The molecular weight excluding hydrogens is 322 g/mol. The zero-order valence-corrected chi connectivity index (χ0v) is 14.7. The molecule has 7 heteroatoms. The van der Waals surface area contributed by atoms with Crippen LogP contribution in [0, 0.1) is 0 Å². The monoisotopic (exact) mass is 347 g/mol. The number of hydrogen-bond acceptors (Lipinski definition) is 5. The molecule has 0 spiro atoms. The summed E-state index contributed by atoms with van der Waals surface area (Å²) in [6.45, 7) is 1.11. The second-order valence-corrected chi connectivity index (χ2v) is 6.02. The Hall–Kier alpha value is -2.41. The molecule has 2 N–H and O–H groups in total. The Morgan fingerprint density at radius 3 is 2.80 bits per heavy atom. The van der Waals surface area contributed by atoms with Crippen molar-refractivity contribution in [1.82, 2.24) is 10.2 Å². The third-order valence-corrected chi connectivity index (χ3v) is 4.23. The fraction of sp³-hybridized carbons (Fsp3) is 0.500. The quantitative estimate of drug-likeness (QED) is 0.760. The molecule has 0 radical (unpaired) electrons. The molecule has 2 rings (SSSR count). The summed E-state index contributed by atoms with van der Waals surface area (Å²) in [6, 6.07) is 6.25. The number of nitrogens with one attached hydrogen (secondary N) is 2. The molecule has 1 aromatic rings. The summed E-state index contributed by atoms with van der Waals surface area (Å²) in [5.74, 6) is -0.727. The average molecular weight is 347 g/mol. The van der Waals surface area contributed by atoms with Gasteiger partial charge in [-0.1, -0.05) is 6.07 Å². The highest BCUT2D eigenvalue weighted by Crippen LogP contribution is 2.22. The number of carbonyl (C=O) groups is 3. The highest BCUT2D eigenvalue weighted by Gasteiger charge is 2.33. The number of benzene rings is 1. The highest BCUT2D eigenvalue weighted by molar-refractivity contribution is 5.99. The normalized spacial score (nSPS) is 17.0. The maximum absolute atomic E-state index is 12.8. The second kappa shape index (κ2) is 9.17. The van der Waals surface area contributed by atoms with Gasteiger partial charge in [-0.3, -0.25) is 9.59 Å². The average Bonchev–Trinajstić information content (AvgIpc) is 2.65. The van der Waals surface area contributed by atoms with Crippen LogP contribution in [0.2, 0.25) is 0 Å². The second-order valence-electron chi connectivity index (χ2n) is 6.02. The van der Waals surface area contributed by atoms with Crippen molar-refractivity contribution in [1.29, 1.82) is 0 Å². The molecule has 1 aliphatic heterocycles. The van der Waals surface area contributed by atoms with Crippen molar-refractivity contribution in [2.45, 2.75) is 31.7 Å². The van der Waals surface area contributed by atoms with Crippen LogP contribution in [0.4, 0.5) is 5.69 Å². The lowest BCUT2D eigenvalue weighted by Gasteiger charge is -2.33. The molecule has 1 atom stereocenters. The minimum Gasteiger partial charge on any atom is -0.467 e. The van der Waals surface area contributed by atoms with Gasteiger partial charge in [-0.2, -0.15) is 0 Å². The molecule has 0 bridgehead atoms. The third kappa shape index (κ3) is 5.03. The van der Waals surface area contributed by atoms with Crippen molar-refractivity contribution < 1.29 is 19.1 Å². The number of methoxy groups -OCH3 is 1. The van der Waals surface area contributed by atoms with Gasteiger partial charge in [-0.15, -0.1) is 0 Å². The maximum Gasteiger partial charge on any atom is 0.328 e. The molecule has 1 fully saturated rings. The predicted octanol–water partition coefficient (Wildman–Crippen LogP) is 1.40. The first-order chi connectivity index (χ1) is 12.1. The van der Waals surface area contributed by atoms with Crippen molar-refractivity contribution in [3.8, 4) is 0 Å². The number of esters is 1. The Kier molecular flexibility index (Phi) is 6.94. The van der Waals surface area contributed by atoms with Crippen molar-refractivity contribution in [3.05, 3.63) is 29.8 Å². The number of hydrogen-bond donors (Lipinski definition) is 2. The lowest BCUT2D eigenvalue weighted by Crippen LogP contribution is -2.48. The van der Waals surface area contributed by atoms with E-state index in [0.717, 1.165) is 12.8 Å². The van der Waals surface area contributed by atoms with Crippen LogP contribution in [-0.2, 0) is 14.3 Å². The zero-order chi connectivity index (χ0) is 18.2. The van der Waals surface area contributed by atoms with Gasteiger partial charge in [0, 0.05) is 30.8 Å². The third-order valence-electron chi connectivity index (χ3n) is 4.23. The number of likely N-dealkylation sites (tertiary alicyclic amines) is 1. The van der Waals surface area contributed by atoms with E-state index in [1.807, 2.05) is 0 Å². The van der Waals surface area contributed by atoms with Crippen molar-refractivity contribution >= 4 is 23.5 Å². The number of nitrogens with zero attached hydrogens (tertiary/aromatic N) is 1. The van der Waals surface area contributed by atoms with E-state index in [1.54, 1.807) is 36.2 Å². The van der Waals surface area contributed by atoms with Gasteiger partial charge in [0.1, 0.15) is 6.04 Å². The summed E-state index contributed by atoms with van der Waals surface area (Å²) in [5, 5.41) is 5.69. The Bertz CT molecular complexity index is 633. The standard InChI is InChI=1S/C18H25N3O4/c1-19-10-9-16(22)20-14-7-5-6-13(12-14)17(23)21-11-4-3-8-15(21)18(24)25-2/h5-7,12,15,19H,3-4,8-11H2,1-2H3,(H,20,22). The molecule has 1 unspecified atom stereocenters. The smallest absolute Gasteiger partial charge is 0.328 e. The fourth-order valence-corrected chi connectivity index (χ4v) is 2.91. The minimum atomic E-state index is -0.542. The fourth-order valence-electron chi connectivity index (χ4n) is 2.91. The van der Waals surface area contributed by atoms with Gasteiger partial charge in [-0.25, -0.2) is 4.79 Å². The number of amides is 2. The van der Waals surface area contributed by atoms with Crippen LogP contribution in [-0.4, -0.2) is 56.0 Å². The van der Waals surface area contributed by atoms with Crippen LogP contribution in [0.3, 0.4) is 0 Å². The molecule has 136 valence electrons. The van der Waals surface area contributed by atoms with E-state index in [4.69, 9.17) is 4.74 Å². The number of piperidine rings is 1. The van der Waals surface area contributed by atoms with E-state index in [0.29, 0.717) is 37.2 Å². The number of ether oxygens (including phenoxy) is 1. The van der Waals surface area contributed by atoms with E-state index in [2.05, 4.69) is 10.6 Å². The molecule has 0 aliphatic carbocycles. The molecule has 25 heavy (non-hydrogen) atoms. The van der Waals surface area contributed by atoms with Gasteiger partial charge in [0.25, 0.3) is 5.91 Å². The molecule has 2 amide bonds. The van der Waals surface area contributed by atoms with Crippen LogP contribution >= 0.6 is 0 Å². The molecule has 1 heterocycles. The van der Waals surface area contributed by atoms with Gasteiger partial charge >= 0.3 is 5.97 Å². The summed E-state index contributed by atoms with van der Waals surface area (Å²) in [5.41, 5.74) is 1.01. The SMILES string of the molecule is CNCCC(=O)Nc1cccc(C(=O)N2CCCCC2C(=O)OC)c1. The molecule has 0 aromatic heterocycles. The molecule has 1 aromatic carbocycles. The number of carbonyl (C=O) groups excluding carboxylic acids is 3. The highest BCUT2D eigenvalue weighted by atomic mass is 16.5. The first kappa shape index (κ1) is 18.9. The Morgan fingerprint density at radius 2 is 2.08 bits per heavy atom. The van der Waals surface area contributed by atoms with Gasteiger partial charge in [0.15, 0.2) is 0 Å². The van der Waals surface area contributed by atoms with Crippen LogP contribution < -0.4 is 10.6 Å². The van der Waals surface area contributed by atoms with Gasteiger partial charge < -0.3 is 20.3 Å².